The minimum atomic E-state index is 0.00227. The van der Waals surface area contributed by atoms with E-state index in [0.29, 0.717) is 11.7 Å². The quantitative estimate of drug-likeness (QED) is 0.811. The molecular formula is C13H20N4O. The Bertz CT molecular complexity index is 460. The lowest BCUT2D eigenvalue weighted by Crippen LogP contribution is -2.34. The molecule has 1 fully saturated rings. The van der Waals surface area contributed by atoms with Crippen molar-refractivity contribution in [2.75, 3.05) is 6.54 Å². The molecule has 0 radical (unpaired) electrons. The monoisotopic (exact) mass is 248 g/mol. The third-order valence-corrected chi connectivity index (χ3v) is 4.02. The van der Waals surface area contributed by atoms with Crippen LogP contribution < -0.4 is 10.6 Å². The molecule has 3 rings (SSSR count). The van der Waals surface area contributed by atoms with Crippen LogP contribution in [0, 0.1) is 0 Å². The zero-order valence-corrected chi connectivity index (χ0v) is 10.8. The number of carbonyl (C=O) groups excluding carboxylic acids is 1. The number of nitrogens with one attached hydrogen (secondary N) is 2. The first-order chi connectivity index (χ1) is 8.75. The van der Waals surface area contributed by atoms with Crippen LogP contribution in [0.25, 0.3) is 0 Å². The average molecular weight is 248 g/mol. The summed E-state index contributed by atoms with van der Waals surface area (Å²) in [5.74, 6) is 0.00227. The Morgan fingerprint density at radius 3 is 3.00 bits per heavy atom. The number of aryl methyl sites for hydroxylation is 1. The van der Waals surface area contributed by atoms with Crippen LogP contribution in [0.4, 0.5) is 0 Å². The molecule has 0 unspecified atom stereocenters. The number of carbonyl (C=O) groups is 1. The molecule has 5 heteroatoms. The van der Waals surface area contributed by atoms with Gasteiger partial charge in [-0.25, -0.2) is 0 Å². The summed E-state index contributed by atoms with van der Waals surface area (Å²) in [6, 6.07) is 0.353. The Balaban J connectivity index is 1.80. The van der Waals surface area contributed by atoms with Gasteiger partial charge in [-0.1, -0.05) is 12.8 Å². The number of amides is 1. The number of hydrogen-bond acceptors (Lipinski definition) is 3. The van der Waals surface area contributed by atoms with Crippen LogP contribution in [0.15, 0.2) is 0 Å². The third kappa shape index (κ3) is 2.03. The molecule has 1 aromatic heterocycles. The highest BCUT2D eigenvalue weighted by Crippen LogP contribution is 2.20. The molecule has 5 nitrogen and oxygen atoms in total. The van der Waals surface area contributed by atoms with Crippen molar-refractivity contribution in [3.63, 3.8) is 0 Å². The normalized spacial score (nSPS) is 19.8. The van der Waals surface area contributed by atoms with E-state index in [-0.39, 0.29) is 5.91 Å². The molecule has 0 aromatic carbocycles. The van der Waals surface area contributed by atoms with Crippen LogP contribution >= 0.6 is 0 Å². The topological polar surface area (TPSA) is 59.0 Å². The van der Waals surface area contributed by atoms with E-state index < -0.39 is 0 Å². The molecular weight excluding hydrogens is 228 g/mol. The predicted octanol–water partition coefficient (Wildman–Crippen LogP) is 0.738. The summed E-state index contributed by atoms with van der Waals surface area (Å²) in [7, 11) is 1.93. The van der Waals surface area contributed by atoms with E-state index in [1.54, 1.807) is 0 Å². The molecule has 1 aromatic rings. The Hall–Kier alpha value is -1.36. The summed E-state index contributed by atoms with van der Waals surface area (Å²) in [5.41, 5.74) is 2.90. The van der Waals surface area contributed by atoms with Gasteiger partial charge >= 0.3 is 0 Å². The number of fused-ring (bicyclic) bond motifs is 1. The zero-order chi connectivity index (χ0) is 12.5. The van der Waals surface area contributed by atoms with Crippen molar-refractivity contribution in [3.8, 4) is 0 Å². The molecule has 2 heterocycles. The number of aromatic nitrogens is 2. The largest absolute Gasteiger partial charge is 0.348 e. The maximum atomic E-state index is 12.3. The SMILES string of the molecule is Cn1nc(C(=O)NC2CCCC2)c2c1CCNC2. The van der Waals surface area contributed by atoms with Crippen molar-refractivity contribution in [1.82, 2.24) is 20.4 Å². The Kier molecular flexibility index (Phi) is 3.07. The molecule has 0 atom stereocenters. The van der Waals surface area contributed by atoms with E-state index in [1.807, 2.05) is 11.7 Å². The van der Waals surface area contributed by atoms with Crippen molar-refractivity contribution in [3.05, 3.63) is 17.0 Å². The number of rotatable bonds is 2. The van der Waals surface area contributed by atoms with Crippen LogP contribution in [0.3, 0.4) is 0 Å². The third-order valence-electron chi connectivity index (χ3n) is 4.02. The average Bonchev–Trinajstić information content (AvgIpc) is 2.98. The molecule has 1 saturated carbocycles. The van der Waals surface area contributed by atoms with Gasteiger partial charge in [0, 0.05) is 43.9 Å². The molecule has 2 aliphatic rings. The van der Waals surface area contributed by atoms with Gasteiger partial charge in [-0.3, -0.25) is 9.48 Å². The second-order valence-electron chi connectivity index (χ2n) is 5.28. The van der Waals surface area contributed by atoms with Crippen LogP contribution in [-0.2, 0) is 20.0 Å². The summed E-state index contributed by atoms with van der Waals surface area (Å²) in [6.07, 6.45) is 5.63. The van der Waals surface area contributed by atoms with Crippen molar-refractivity contribution in [2.45, 2.75) is 44.7 Å². The molecule has 1 amide bonds. The maximum absolute atomic E-state index is 12.3. The van der Waals surface area contributed by atoms with Gasteiger partial charge in [0.05, 0.1) is 0 Å². The highest BCUT2D eigenvalue weighted by molar-refractivity contribution is 5.94. The molecule has 1 aliphatic carbocycles. The van der Waals surface area contributed by atoms with Gasteiger partial charge in [-0.2, -0.15) is 5.10 Å². The van der Waals surface area contributed by atoms with E-state index >= 15 is 0 Å². The van der Waals surface area contributed by atoms with E-state index in [9.17, 15) is 4.79 Å². The number of nitrogens with zero attached hydrogens (tertiary/aromatic N) is 2. The summed E-state index contributed by atoms with van der Waals surface area (Å²) in [4.78, 5) is 12.3. The highest BCUT2D eigenvalue weighted by Gasteiger charge is 2.25. The Morgan fingerprint density at radius 2 is 2.22 bits per heavy atom. The van der Waals surface area contributed by atoms with E-state index in [0.717, 1.165) is 37.9 Å². The Labute approximate surface area is 107 Å². The van der Waals surface area contributed by atoms with E-state index in [2.05, 4.69) is 15.7 Å². The summed E-state index contributed by atoms with van der Waals surface area (Å²) >= 11 is 0. The van der Waals surface area contributed by atoms with E-state index in [1.165, 1.54) is 18.5 Å². The lowest BCUT2D eigenvalue weighted by molar-refractivity contribution is 0.0931. The van der Waals surface area contributed by atoms with Crippen LogP contribution in [-0.4, -0.2) is 28.3 Å². The minimum absolute atomic E-state index is 0.00227. The van der Waals surface area contributed by atoms with Gasteiger partial charge in [0.1, 0.15) is 0 Å². The van der Waals surface area contributed by atoms with Gasteiger partial charge in [0.25, 0.3) is 5.91 Å². The van der Waals surface area contributed by atoms with E-state index in [4.69, 9.17) is 0 Å². The second kappa shape index (κ2) is 4.72. The van der Waals surface area contributed by atoms with Crippen LogP contribution in [0.5, 0.6) is 0 Å². The molecule has 0 spiro atoms. The fraction of sp³-hybridized carbons (Fsp3) is 0.692. The molecule has 18 heavy (non-hydrogen) atoms. The molecule has 0 bridgehead atoms. The first kappa shape index (κ1) is 11.7. The predicted molar refractivity (Wildman–Crippen MR) is 68.3 cm³/mol. The lowest BCUT2D eigenvalue weighted by Gasteiger charge is -2.15. The van der Waals surface area contributed by atoms with Crippen molar-refractivity contribution >= 4 is 5.91 Å². The number of hydrogen-bond donors (Lipinski definition) is 2. The summed E-state index contributed by atoms with van der Waals surface area (Å²) in [6.45, 7) is 1.73. The van der Waals surface area contributed by atoms with Crippen LogP contribution in [0.2, 0.25) is 0 Å². The first-order valence-corrected chi connectivity index (χ1v) is 6.82. The van der Waals surface area contributed by atoms with Crippen molar-refractivity contribution in [2.24, 2.45) is 7.05 Å². The van der Waals surface area contributed by atoms with Gasteiger partial charge in [-0.05, 0) is 12.8 Å². The van der Waals surface area contributed by atoms with Gasteiger partial charge in [0.15, 0.2) is 5.69 Å². The first-order valence-electron chi connectivity index (χ1n) is 6.82. The fourth-order valence-electron chi connectivity index (χ4n) is 3.03. The second-order valence-corrected chi connectivity index (χ2v) is 5.28. The standard InChI is InChI=1S/C13H20N4O/c1-17-11-6-7-14-8-10(11)12(16-17)13(18)15-9-4-2-3-5-9/h9,14H,2-8H2,1H3,(H,15,18). The summed E-state index contributed by atoms with van der Waals surface area (Å²) in [5, 5.41) is 10.8. The highest BCUT2D eigenvalue weighted by atomic mass is 16.2. The van der Waals surface area contributed by atoms with Crippen molar-refractivity contribution in [1.29, 1.82) is 0 Å². The fourth-order valence-corrected chi connectivity index (χ4v) is 3.03. The zero-order valence-electron chi connectivity index (χ0n) is 10.8. The lowest BCUT2D eigenvalue weighted by atomic mass is 10.1. The minimum Gasteiger partial charge on any atom is -0.348 e. The molecule has 98 valence electrons. The molecule has 2 N–H and O–H groups in total. The maximum Gasteiger partial charge on any atom is 0.272 e. The smallest absolute Gasteiger partial charge is 0.272 e. The van der Waals surface area contributed by atoms with Gasteiger partial charge < -0.3 is 10.6 Å². The summed E-state index contributed by atoms with van der Waals surface area (Å²) < 4.78 is 1.86. The van der Waals surface area contributed by atoms with Gasteiger partial charge in [0.2, 0.25) is 0 Å². The van der Waals surface area contributed by atoms with Crippen LogP contribution in [0.1, 0.15) is 47.4 Å². The van der Waals surface area contributed by atoms with Crippen molar-refractivity contribution < 1.29 is 4.79 Å². The molecule has 1 aliphatic heterocycles. The molecule has 0 saturated heterocycles. The van der Waals surface area contributed by atoms with Gasteiger partial charge in [-0.15, -0.1) is 0 Å². The Morgan fingerprint density at radius 1 is 1.44 bits per heavy atom.